The lowest BCUT2D eigenvalue weighted by molar-refractivity contribution is 0.0714. The Morgan fingerprint density at radius 2 is 1.76 bits per heavy atom. The third-order valence-corrected chi connectivity index (χ3v) is 3.42. The average molecular weight is 288 g/mol. The van der Waals surface area contributed by atoms with Crippen molar-refractivity contribution in [3.8, 4) is 0 Å². The van der Waals surface area contributed by atoms with Crippen molar-refractivity contribution < 1.29 is 9.63 Å². The topological polar surface area (TPSA) is 49.5 Å². The number of hydrogen-bond acceptors (Lipinski definition) is 4. The first-order valence-corrected chi connectivity index (χ1v) is 7.31. The van der Waals surface area contributed by atoms with Crippen LogP contribution in [0.4, 0.5) is 0 Å². The molecule has 0 aliphatic heterocycles. The largest absolute Gasteiger partial charge is 0.390 e. The maximum Gasteiger partial charge on any atom is 0.150 e. The minimum absolute atomic E-state index is 0.601. The summed E-state index contributed by atoms with van der Waals surface area (Å²) in [5.41, 5.74) is 1.93. The van der Waals surface area contributed by atoms with Gasteiger partial charge in [0.1, 0.15) is 0 Å². The Labute approximate surface area is 126 Å². The van der Waals surface area contributed by atoms with Gasteiger partial charge in [-0.15, -0.1) is 0 Å². The van der Waals surface area contributed by atoms with Crippen LogP contribution in [0.3, 0.4) is 0 Å². The van der Waals surface area contributed by atoms with Crippen LogP contribution in [0.15, 0.2) is 41.1 Å². The van der Waals surface area contributed by atoms with Crippen LogP contribution in [0.25, 0.3) is 0 Å². The number of hydrogen-bond donors (Lipinski definition) is 1. The summed E-state index contributed by atoms with van der Waals surface area (Å²) in [6.45, 7) is 5.31. The number of benzene rings is 1. The zero-order chi connectivity index (χ0) is 15.3. The van der Waals surface area contributed by atoms with Crippen LogP contribution < -0.4 is 0 Å². The van der Waals surface area contributed by atoms with Gasteiger partial charge in [0.2, 0.25) is 0 Å². The molecule has 0 unspecified atom stereocenters. The first-order chi connectivity index (χ1) is 9.92. The molecule has 1 aromatic heterocycles. The monoisotopic (exact) mass is 288 g/mol. The first kappa shape index (κ1) is 15.7. The van der Waals surface area contributed by atoms with E-state index in [1.807, 2.05) is 19.9 Å². The number of rotatable bonds is 7. The van der Waals surface area contributed by atoms with Crippen LogP contribution in [-0.2, 0) is 19.5 Å². The van der Waals surface area contributed by atoms with Crippen LogP contribution in [0, 0.1) is 0 Å². The molecule has 4 heteroatoms. The van der Waals surface area contributed by atoms with E-state index in [0.29, 0.717) is 0 Å². The van der Waals surface area contributed by atoms with E-state index in [9.17, 15) is 5.11 Å². The third-order valence-electron chi connectivity index (χ3n) is 3.42. The molecule has 114 valence electrons. The van der Waals surface area contributed by atoms with Crippen LogP contribution in [0.5, 0.6) is 0 Å². The van der Waals surface area contributed by atoms with E-state index >= 15 is 0 Å². The van der Waals surface area contributed by atoms with Crippen LogP contribution in [0.1, 0.15) is 37.2 Å². The van der Waals surface area contributed by atoms with Gasteiger partial charge < -0.3 is 9.63 Å². The average Bonchev–Trinajstić information content (AvgIpc) is 2.89. The lowest BCUT2D eigenvalue weighted by Crippen LogP contribution is -2.19. The highest BCUT2D eigenvalue weighted by Crippen LogP contribution is 2.15. The van der Waals surface area contributed by atoms with E-state index < -0.39 is 5.60 Å². The SMILES string of the molecule is CN(Cc1ccc(CCC(C)(C)O)cc1)Cc1ccno1. The smallest absolute Gasteiger partial charge is 0.150 e. The van der Waals surface area contributed by atoms with E-state index in [0.717, 1.165) is 31.7 Å². The Bertz CT molecular complexity index is 527. The van der Waals surface area contributed by atoms with Gasteiger partial charge in [0.25, 0.3) is 0 Å². The predicted molar refractivity (Wildman–Crippen MR) is 82.7 cm³/mol. The molecule has 4 nitrogen and oxygen atoms in total. The van der Waals surface area contributed by atoms with Crippen LogP contribution >= 0.6 is 0 Å². The normalized spacial score (nSPS) is 12.0. The van der Waals surface area contributed by atoms with Gasteiger partial charge in [-0.25, -0.2) is 0 Å². The number of aromatic nitrogens is 1. The standard InChI is InChI=1S/C17H24N2O2/c1-17(2,20)10-8-14-4-6-15(7-5-14)12-19(3)13-16-9-11-18-21-16/h4-7,9,11,20H,8,10,12-13H2,1-3H3. The lowest BCUT2D eigenvalue weighted by atomic mass is 9.98. The summed E-state index contributed by atoms with van der Waals surface area (Å²) in [5, 5.41) is 13.5. The van der Waals surface area contributed by atoms with Gasteiger partial charge in [-0.2, -0.15) is 0 Å². The number of aryl methyl sites for hydroxylation is 1. The van der Waals surface area contributed by atoms with Crippen molar-refractivity contribution in [2.75, 3.05) is 7.05 Å². The van der Waals surface area contributed by atoms with E-state index in [4.69, 9.17) is 4.52 Å². The maximum atomic E-state index is 9.75. The van der Waals surface area contributed by atoms with Crippen molar-refractivity contribution in [1.82, 2.24) is 10.1 Å². The van der Waals surface area contributed by atoms with Gasteiger partial charge in [0.05, 0.1) is 18.3 Å². The second kappa shape index (κ2) is 6.87. The first-order valence-electron chi connectivity index (χ1n) is 7.31. The van der Waals surface area contributed by atoms with Crippen molar-refractivity contribution in [2.24, 2.45) is 0 Å². The lowest BCUT2D eigenvalue weighted by Gasteiger charge is -2.17. The summed E-state index contributed by atoms with van der Waals surface area (Å²) >= 11 is 0. The number of aliphatic hydroxyl groups is 1. The molecule has 2 aromatic rings. The van der Waals surface area contributed by atoms with Gasteiger partial charge in [0, 0.05) is 12.6 Å². The molecule has 0 aliphatic carbocycles. The van der Waals surface area contributed by atoms with Crippen LogP contribution in [-0.4, -0.2) is 27.8 Å². The van der Waals surface area contributed by atoms with Gasteiger partial charge >= 0.3 is 0 Å². The molecular weight excluding hydrogens is 264 g/mol. The molecule has 0 fully saturated rings. The van der Waals surface area contributed by atoms with Crippen LogP contribution in [0.2, 0.25) is 0 Å². The molecule has 1 N–H and O–H groups in total. The molecule has 1 aromatic carbocycles. The Morgan fingerprint density at radius 1 is 1.10 bits per heavy atom. The summed E-state index contributed by atoms with van der Waals surface area (Å²) < 4.78 is 5.11. The zero-order valence-electron chi connectivity index (χ0n) is 13.0. The van der Waals surface area contributed by atoms with Gasteiger partial charge in [-0.3, -0.25) is 4.90 Å². The fourth-order valence-corrected chi connectivity index (χ4v) is 2.22. The van der Waals surface area contributed by atoms with Gasteiger partial charge in [-0.05, 0) is 44.9 Å². The van der Waals surface area contributed by atoms with Gasteiger partial charge in [0.15, 0.2) is 5.76 Å². The Morgan fingerprint density at radius 3 is 2.33 bits per heavy atom. The second-order valence-corrected chi connectivity index (χ2v) is 6.28. The van der Waals surface area contributed by atoms with E-state index in [-0.39, 0.29) is 0 Å². The molecule has 0 spiro atoms. The molecule has 0 aliphatic rings. The fraction of sp³-hybridized carbons (Fsp3) is 0.471. The molecular formula is C17H24N2O2. The molecule has 0 amide bonds. The molecule has 0 bridgehead atoms. The molecule has 0 saturated carbocycles. The summed E-state index contributed by atoms with van der Waals surface area (Å²) in [6, 6.07) is 10.5. The maximum absolute atomic E-state index is 9.75. The summed E-state index contributed by atoms with van der Waals surface area (Å²) in [7, 11) is 2.06. The summed E-state index contributed by atoms with van der Waals surface area (Å²) in [6.07, 6.45) is 3.34. The zero-order valence-corrected chi connectivity index (χ0v) is 13.0. The minimum Gasteiger partial charge on any atom is -0.390 e. The minimum atomic E-state index is -0.601. The highest BCUT2D eigenvalue weighted by Gasteiger charge is 2.12. The van der Waals surface area contributed by atoms with Crippen molar-refractivity contribution >= 4 is 0 Å². The third kappa shape index (κ3) is 5.69. The van der Waals surface area contributed by atoms with E-state index in [1.54, 1.807) is 6.20 Å². The van der Waals surface area contributed by atoms with Crippen molar-refractivity contribution in [1.29, 1.82) is 0 Å². The van der Waals surface area contributed by atoms with Crippen molar-refractivity contribution in [2.45, 2.75) is 45.4 Å². The highest BCUT2D eigenvalue weighted by molar-refractivity contribution is 5.22. The molecule has 0 atom stereocenters. The quantitative estimate of drug-likeness (QED) is 0.851. The predicted octanol–water partition coefficient (Wildman–Crippen LogP) is 3.01. The van der Waals surface area contributed by atoms with Crippen molar-refractivity contribution in [3.05, 3.63) is 53.4 Å². The second-order valence-electron chi connectivity index (χ2n) is 6.28. The van der Waals surface area contributed by atoms with E-state index in [1.165, 1.54) is 11.1 Å². The summed E-state index contributed by atoms with van der Waals surface area (Å²) in [4.78, 5) is 2.19. The van der Waals surface area contributed by atoms with E-state index in [2.05, 4.69) is 41.4 Å². The summed E-state index contributed by atoms with van der Waals surface area (Å²) in [5.74, 6) is 0.874. The molecule has 2 rings (SSSR count). The Kier molecular flexibility index (Phi) is 5.15. The fourth-order valence-electron chi connectivity index (χ4n) is 2.22. The molecule has 0 saturated heterocycles. The molecule has 21 heavy (non-hydrogen) atoms. The Balaban J connectivity index is 1.84. The number of nitrogens with zero attached hydrogens (tertiary/aromatic N) is 2. The van der Waals surface area contributed by atoms with Crippen molar-refractivity contribution in [3.63, 3.8) is 0 Å². The van der Waals surface area contributed by atoms with Gasteiger partial charge in [-0.1, -0.05) is 29.4 Å². The molecule has 1 heterocycles. The molecule has 0 radical (unpaired) electrons. The Hall–Kier alpha value is -1.65. The highest BCUT2D eigenvalue weighted by atomic mass is 16.5.